The summed E-state index contributed by atoms with van der Waals surface area (Å²) < 4.78 is 11.8. The van der Waals surface area contributed by atoms with Gasteiger partial charge in [-0.25, -0.2) is 4.79 Å². The van der Waals surface area contributed by atoms with Crippen LogP contribution in [0.25, 0.3) is 0 Å². The predicted octanol–water partition coefficient (Wildman–Crippen LogP) is 5.17. The zero-order valence-corrected chi connectivity index (χ0v) is 28.6. The monoisotopic (exact) mass is 706 g/mol. The maximum atomic E-state index is 11.4. The molecule has 1 aliphatic heterocycles. The number of aliphatic hydroxyl groups is 3. The van der Waals surface area contributed by atoms with E-state index >= 15 is 0 Å². The van der Waals surface area contributed by atoms with Crippen LogP contribution in [-0.2, 0) is 9.53 Å². The van der Waals surface area contributed by atoms with Crippen LogP contribution in [0, 0.1) is 38.7 Å². The summed E-state index contributed by atoms with van der Waals surface area (Å²) in [6.07, 6.45) is 9.89. The Morgan fingerprint density at radius 1 is 1.06 bits per heavy atom. The number of rotatable bonds is 7. The number of nitrogens with one attached hydrogen (secondary N) is 1. The lowest BCUT2D eigenvalue weighted by atomic mass is 9.44. The molecule has 0 radical (unpaired) electrons. The number of nitro groups is 1. The number of carbonyl (C=O) groups is 1. The first-order chi connectivity index (χ1) is 22.7. The Kier molecular flexibility index (Phi) is 9.78. The quantitative estimate of drug-likeness (QED) is 0.131. The number of halogens is 2. The number of hydrogen-bond acceptors (Lipinski definition) is 9. The van der Waals surface area contributed by atoms with Crippen molar-refractivity contribution >= 4 is 34.8 Å². The zero-order valence-electron chi connectivity index (χ0n) is 27.1. The number of alkyl halides is 2. The predicted molar refractivity (Wildman–Crippen MR) is 178 cm³/mol. The van der Waals surface area contributed by atoms with Gasteiger partial charge in [-0.2, -0.15) is 0 Å². The molecule has 4 N–H and O–H groups in total. The highest BCUT2D eigenvalue weighted by atomic mass is 35.5. The molecule has 4 saturated carbocycles. The van der Waals surface area contributed by atoms with Gasteiger partial charge in [0.15, 0.2) is 4.84 Å². The summed E-state index contributed by atoms with van der Waals surface area (Å²) in [5, 5.41) is 42.2. The van der Waals surface area contributed by atoms with Crippen LogP contribution in [0.3, 0.4) is 0 Å². The van der Waals surface area contributed by atoms with E-state index in [-0.39, 0.29) is 28.4 Å². The number of carbonyl (C=O) groups excluding carboxylic acids is 1. The first kappa shape index (κ1) is 35.3. The van der Waals surface area contributed by atoms with E-state index in [1.54, 1.807) is 12.3 Å². The molecule has 2 heterocycles. The number of non-ortho nitro benzene ring substituents is 1. The van der Waals surface area contributed by atoms with E-state index < -0.39 is 34.4 Å². The molecule has 5 fully saturated rings. The minimum atomic E-state index is -1.33. The molecule has 48 heavy (non-hydrogen) atoms. The fourth-order valence-electron chi connectivity index (χ4n) is 10.2. The molecular formula is C35H44Cl2N2O9. The van der Waals surface area contributed by atoms with Gasteiger partial charge in [-0.05, 0) is 110 Å². The van der Waals surface area contributed by atoms with Crippen molar-refractivity contribution in [1.82, 2.24) is 5.32 Å². The van der Waals surface area contributed by atoms with Crippen LogP contribution in [-0.4, -0.2) is 61.4 Å². The van der Waals surface area contributed by atoms with Gasteiger partial charge in [0.1, 0.15) is 11.7 Å². The lowest BCUT2D eigenvalue weighted by Gasteiger charge is -2.61. The van der Waals surface area contributed by atoms with Gasteiger partial charge in [-0.1, -0.05) is 37.0 Å². The molecule has 1 aromatic heterocycles. The lowest BCUT2D eigenvalue weighted by Crippen LogP contribution is -2.58. The molecule has 11 nitrogen and oxygen atoms in total. The number of fused-ring (bicyclic) bond motifs is 3. The lowest BCUT2D eigenvalue weighted by molar-refractivity contribution is -0.384. The molecular weight excluding hydrogens is 663 g/mol. The van der Waals surface area contributed by atoms with Crippen LogP contribution in [0.1, 0.15) is 88.4 Å². The Hall–Kier alpha value is -2.54. The summed E-state index contributed by atoms with van der Waals surface area (Å²) in [4.78, 5) is 31.4. The molecule has 1 aromatic carbocycles. The normalized spacial score (nSPS) is 37.4. The fraction of sp³-hybridized carbons (Fsp3) is 0.657. The van der Waals surface area contributed by atoms with Gasteiger partial charge in [0.05, 0.1) is 36.0 Å². The minimum Gasteiger partial charge on any atom is -0.431 e. The van der Waals surface area contributed by atoms with Crippen molar-refractivity contribution in [1.29, 1.82) is 0 Å². The SMILES string of the molecule is C[C@]12CC[C@H](O)C[C@H]1CC[C@@H]1[C@@H]2CC[C@]2(C)[C@@H](c3ccc(=O)oc3)C[C@H]3O[C@]132.O=C(N[C@H](CO)[C@H](O)c1ccc([N+](=O)[O-])cc1)C(Cl)Cl. The molecule has 262 valence electrons. The molecule has 11 atom stereocenters. The molecule has 2 aromatic rings. The average molecular weight is 708 g/mol. The Balaban J connectivity index is 0.000000179. The number of nitrogens with zero attached hydrogens (tertiary/aromatic N) is 1. The van der Waals surface area contributed by atoms with E-state index in [0.29, 0.717) is 34.8 Å². The summed E-state index contributed by atoms with van der Waals surface area (Å²) in [7, 11) is 0. The summed E-state index contributed by atoms with van der Waals surface area (Å²) >= 11 is 10.7. The van der Waals surface area contributed by atoms with Gasteiger partial charge in [0, 0.05) is 23.6 Å². The van der Waals surface area contributed by atoms with Gasteiger partial charge in [0.2, 0.25) is 0 Å². The highest BCUT2D eigenvalue weighted by Crippen LogP contribution is 2.77. The molecule has 4 aliphatic carbocycles. The Morgan fingerprint density at radius 3 is 2.42 bits per heavy atom. The molecule has 5 aliphatic rings. The Bertz CT molecular complexity index is 1550. The highest BCUT2D eigenvalue weighted by Gasteiger charge is 2.80. The third kappa shape index (κ3) is 5.98. The number of epoxide rings is 1. The maximum Gasteiger partial charge on any atom is 0.335 e. The number of aliphatic hydroxyl groups excluding tert-OH is 3. The van der Waals surface area contributed by atoms with E-state index in [9.17, 15) is 29.9 Å². The van der Waals surface area contributed by atoms with Crippen molar-refractivity contribution in [2.24, 2.45) is 28.6 Å². The van der Waals surface area contributed by atoms with Crippen molar-refractivity contribution in [3.05, 3.63) is 74.3 Å². The maximum absolute atomic E-state index is 11.4. The van der Waals surface area contributed by atoms with Gasteiger partial charge in [0.25, 0.3) is 11.6 Å². The van der Waals surface area contributed by atoms with Crippen molar-refractivity contribution < 1.29 is 34.2 Å². The Morgan fingerprint density at radius 2 is 1.79 bits per heavy atom. The van der Waals surface area contributed by atoms with Crippen molar-refractivity contribution in [3.63, 3.8) is 0 Å². The number of nitro benzene ring substituents is 1. The summed E-state index contributed by atoms with van der Waals surface area (Å²) in [5.74, 6) is 1.72. The molecule has 0 unspecified atom stereocenters. The number of ether oxygens (including phenoxy) is 1. The third-order valence-corrected chi connectivity index (χ3v) is 13.1. The van der Waals surface area contributed by atoms with Gasteiger partial charge in [-0.3, -0.25) is 14.9 Å². The number of benzene rings is 1. The fourth-order valence-corrected chi connectivity index (χ4v) is 10.4. The van der Waals surface area contributed by atoms with Crippen LogP contribution in [0.15, 0.2) is 51.9 Å². The van der Waals surface area contributed by atoms with Crippen molar-refractivity contribution in [2.75, 3.05) is 6.61 Å². The van der Waals surface area contributed by atoms with Crippen LogP contribution in [0.5, 0.6) is 0 Å². The van der Waals surface area contributed by atoms with E-state index in [1.165, 1.54) is 61.9 Å². The first-order valence-electron chi connectivity index (χ1n) is 16.8. The van der Waals surface area contributed by atoms with Gasteiger partial charge < -0.3 is 29.8 Å². The van der Waals surface area contributed by atoms with Crippen molar-refractivity contribution in [3.8, 4) is 0 Å². The van der Waals surface area contributed by atoms with Gasteiger partial charge in [-0.15, -0.1) is 0 Å². The van der Waals surface area contributed by atoms with Crippen LogP contribution < -0.4 is 10.9 Å². The number of hydrogen-bond donors (Lipinski definition) is 4. The average Bonchev–Trinajstić information content (AvgIpc) is 3.73. The smallest absolute Gasteiger partial charge is 0.335 e. The molecule has 1 saturated heterocycles. The highest BCUT2D eigenvalue weighted by molar-refractivity contribution is 6.53. The van der Waals surface area contributed by atoms with Crippen LogP contribution in [0.2, 0.25) is 0 Å². The van der Waals surface area contributed by atoms with Crippen molar-refractivity contribution in [2.45, 2.75) is 106 Å². The van der Waals surface area contributed by atoms with Crippen LogP contribution in [0.4, 0.5) is 5.69 Å². The largest absolute Gasteiger partial charge is 0.431 e. The second-order valence-electron chi connectivity index (χ2n) is 14.8. The van der Waals surface area contributed by atoms with E-state index in [1.807, 2.05) is 6.07 Å². The molecule has 0 bridgehead atoms. The first-order valence-corrected chi connectivity index (χ1v) is 17.7. The second-order valence-corrected chi connectivity index (χ2v) is 15.9. The minimum absolute atomic E-state index is 0.0285. The summed E-state index contributed by atoms with van der Waals surface area (Å²) in [6.45, 7) is 4.42. The Labute approximate surface area is 289 Å². The summed E-state index contributed by atoms with van der Waals surface area (Å²) in [6, 6.07) is 7.60. The topological polar surface area (TPSA) is 176 Å². The molecule has 1 amide bonds. The molecule has 7 rings (SSSR count). The van der Waals surface area contributed by atoms with E-state index in [2.05, 4.69) is 19.2 Å². The zero-order chi connectivity index (χ0) is 34.6. The van der Waals surface area contributed by atoms with Gasteiger partial charge >= 0.3 is 5.63 Å². The summed E-state index contributed by atoms with van der Waals surface area (Å²) in [5.41, 5.74) is 1.61. The third-order valence-electron chi connectivity index (χ3n) is 12.7. The molecule has 1 spiro atoms. The standard InChI is InChI=1S/C24H32O4.C11H12Cl2N2O5/c1-22-9-7-16(25)11-15(22)4-5-18-17(22)8-10-23(2)19(12-20-24(18,23)28-20)14-3-6-21(26)27-13-14;12-10(13)11(18)14-8(5-16)9(17)6-1-3-7(4-2-6)15(19)20/h3,6,13,15-20,25H,4-5,7-12H2,1-2H3;1-4,8-10,16-17H,5H2,(H,14,18)/t15-,16+,17+,18-,19-,20-,22+,23-,24-;8-,9-/m11/s1. The number of amides is 1. The van der Waals surface area contributed by atoms with E-state index in [4.69, 9.17) is 37.5 Å². The molecule has 13 heteroatoms. The second kappa shape index (κ2) is 13.3. The van der Waals surface area contributed by atoms with Crippen LogP contribution >= 0.6 is 23.2 Å². The van der Waals surface area contributed by atoms with E-state index in [0.717, 1.165) is 25.2 Å².